The lowest BCUT2D eigenvalue weighted by molar-refractivity contribution is 0.398. The highest BCUT2D eigenvalue weighted by molar-refractivity contribution is 5.86. The molecule has 0 nitrogen and oxygen atoms in total. The fraction of sp³-hybridized carbons (Fsp3) is 0.476. The van der Waals surface area contributed by atoms with E-state index in [1.165, 1.54) is 129 Å². The molecule has 3 aromatic rings. The molecule has 0 N–H and O–H groups in total. The van der Waals surface area contributed by atoms with Crippen molar-refractivity contribution in [2.24, 2.45) is 0 Å². The van der Waals surface area contributed by atoms with Crippen LogP contribution in [0.25, 0.3) is 27.8 Å². The molecule has 0 bridgehead atoms. The number of allylic oxidation sites excluding steroid dienone is 4. The number of hydrogen-bond acceptors (Lipinski definition) is 0. The largest absolute Gasteiger partial charge is 0.0871 e. The van der Waals surface area contributed by atoms with Gasteiger partial charge in [0.1, 0.15) is 0 Å². The zero-order chi connectivity index (χ0) is 29.8. The molecular weight excluding hydrogens is 504 g/mol. The van der Waals surface area contributed by atoms with E-state index in [2.05, 4.69) is 114 Å². The van der Waals surface area contributed by atoms with Gasteiger partial charge in [0.2, 0.25) is 0 Å². The predicted octanol–water partition coefficient (Wildman–Crippen LogP) is 13.4. The maximum Gasteiger partial charge on any atom is 0.0215 e. The molecule has 0 saturated carbocycles. The summed E-state index contributed by atoms with van der Waals surface area (Å²) in [4.78, 5) is 0. The summed E-state index contributed by atoms with van der Waals surface area (Å²) in [5.74, 6) is 0. The standard InChI is InChI=1S/C42H56/c1-6-10-12-14-16-18-29-42(30-19-17-15-13-11-7-2)40-31-36(34(9-4)20-8-3)25-27-38(40)39-28-26-37(32-41(39)42)35-23-21-33(5)22-24-35/h8-9,20-28,31-32H,6-7,10-19,29-30H2,1-5H3/b20-8-,34-9+. The lowest BCUT2D eigenvalue weighted by atomic mass is 9.70. The molecule has 0 amide bonds. The summed E-state index contributed by atoms with van der Waals surface area (Å²) in [6, 6.07) is 23.9. The van der Waals surface area contributed by atoms with Crippen molar-refractivity contribution in [2.75, 3.05) is 0 Å². The smallest absolute Gasteiger partial charge is 0.0215 e. The molecule has 0 aromatic heterocycles. The lowest BCUT2D eigenvalue weighted by Gasteiger charge is -2.33. The van der Waals surface area contributed by atoms with Gasteiger partial charge in [-0.3, -0.25) is 0 Å². The molecule has 0 unspecified atom stereocenters. The van der Waals surface area contributed by atoms with Crippen molar-refractivity contribution in [3.63, 3.8) is 0 Å². The van der Waals surface area contributed by atoms with E-state index in [0.29, 0.717) is 0 Å². The SMILES string of the molecule is C/C=C\C(=C/C)c1ccc2c(c1)C(CCCCCCCC)(CCCCCCCC)c1cc(-c3ccc(C)cc3)ccc1-2. The molecule has 0 atom stereocenters. The molecule has 0 aliphatic heterocycles. The van der Waals surface area contributed by atoms with Crippen molar-refractivity contribution in [2.45, 2.75) is 130 Å². The molecule has 0 heterocycles. The van der Waals surface area contributed by atoms with E-state index in [1.807, 2.05) is 0 Å². The van der Waals surface area contributed by atoms with Gasteiger partial charge in [0.25, 0.3) is 0 Å². The van der Waals surface area contributed by atoms with Crippen LogP contribution in [-0.4, -0.2) is 0 Å². The monoisotopic (exact) mass is 560 g/mol. The Bertz CT molecular complexity index is 1300. The van der Waals surface area contributed by atoms with Crippen molar-refractivity contribution >= 4 is 5.57 Å². The Morgan fingerprint density at radius 2 is 1.12 bits per heavy atom. The van der Waals surface area contributed by atoms with Crippen LogP contribution in [0.2, 0.25) is 0 Å². The van der Waals surface area contributed by atoms with Crippen molar-refractivity contribution in [1.82, 2.24) is 0 Å². The summed E-state index contributed by atoms with van der Waals surface area (Å²) < 4.78 is 0. The van der Waals surface area contributed by atoms with Gasteiger partial charge in [0.15, 0.2) is 0 Å². The van der Waals surface area contributed by atoms with Crippen LogP contribution < -0.4 is 0 Å². The van der Waals surface area contributed by atoms with Gasteiger partial charge in [-0.2, -0.15) is 0 Å². The second-order valence-corrected chi connectivity index (χ2v) is 12.7. The van der Waals surface area contributed by atoms with E-state index in [1.54, 1.807) is 11.1 Å². The van der Waals surface area contributed by atoms with Gasteiger partial charge in [-0.15, -0.1) is 0 Å². The maximum atomic E-state index is 2.58. The zero-order valence-corrected chi connectivity index (χ0v) is 27.4. The fourth-order valence-corrected chi connectivity index (χ4v) is 7.22. The van der Waals surface area contributed by atoms with Gasteiger partial charge in [0, 0.05) is 5.41 Å². The first kappa shape index (κ1) is 32.1. The molecule has 1 aliphatic carbocycles. The summed E-state index contributed by atoms with van der Waals surface area (Å²) in [6.45, 7) is 11.1. The highest BCUT2D eigenvalue weighted by Gasteiger charge is 2.42. The van der Waals surface area contributed by atoms with E-state index in [0.717, 1.165) is 0 Å². The van der Waals surface area contributed by atoms with Crippen LogP contribution in [0.5, 0.6) is 0 Å². The quantitative estimate of drug-likeness (QED) is 0.114. The maximum absolute atomic E-state index is 2.58. The molecule has 42 heavy (non-hydrogen) atoms. The van der Waals surface area contributed by atoms with Crippen molar-refractivity contribution < 1.29 is 0 Å². The molecule has 0 saturated heterocycles. The van der Waals surface area contributed by atoms with Crippen molar-refractivity contribution in [3.05, 3.63) is 101 Å². The zero-order valence-electron chi connectivity index (χ0n) is 27.4. The van der Waals surface area contributed by atoms with E-state index < -0.39 is 0 Å². The Kier molecular flexibility index (Phi) is 12.3. The molecule has 224 valence electrons. The summed E-state index contributed by atoms with van der Waals surface area (Å²) in [5, 5.41) is 0. The minimum Gasteiger partial charge on any atom is -0.0871 e. The fourth-order valence-electron chi connectivity index (χ4n) is 7.22. The number of fused-ring (bicyclic) bond motifs is 3. The second-order valence-electron chi connectivity index (χ2n) is 12.7. The van der Waals surface area contributed by atoms with Crippen LogP contribution in [0.15, 0.2) is 78.9 Å². The molecule has 0 spiro atoms. The summed E-state index contributed by atoms with van der Waals surface area (Å²) in [5.41, 5.74) is 12.9. The Balaban J connectivity index is 1.79. The first-order chi connectivity index (χ1) is 20.6. The van der Waals surface area contributed by atoms with Crippen LogP contribution in [0, 0.1) is 6.92 Å². The van der Waals surface area contributed by atoms with E-state index in [-0.39, 0.29) is 5.41 Å². The van der Waals surface area contributed by atoms with E-state index in [4.69, 9.17) is 0 Å². The van der Waals surface area contributed by atoms with Gasteiger partial charge in [-0.1, -0.05) is 163 Å². The second kappa shape index (κ2) is 16.1. The number of unbranched alkanes of at least 4 members (excludes halogenated alkanes) is 10. The summed E-state index contributed by atoms with van der Waals surface area (Å²) in [6.07, 6.45) is 25.4. The van der Waals surface area contributed by atoms with Crippen LogP contribution in [0.4, 0.5) is 0 Å². The van der Waals surface area contributed by atoms with Crippen LogP contribution in [0.1, 0.15) is 140 Å². The topological polar surface area (TPSA) is 0 Å². The Morgan fingerprint density at radius 3 is 1.69 bits per heavy atom. The Morgan fingerprint density at radius 1 is 0.595 bits per heavy atom. The number of hydrogen-bond donors (Lipinski definition) is 0. The van der Waals surface area contributed by atoms with Gasteiger partial charge in [0.05, 0.1) is 0 Å². The summed E-state index contributed by atoms with van der Waals surface area (Å²) >= 11 is 0. The molecule has 0 radical (unpaired) electrons. The third-order valence-electron chi connectivity index (χ3n) is 9.65. The third kappa shape index (κ3) is 7.55. The van der Waals surface area contributed by atoms with Crippen LogP contribution >= 0.6 is 0 Å². The minimum atomic E-state index is 0.0890. The predicted molar refractivity (Wildman–Crippen MR) is 187 cm³/mol. The first-order valence-electron chi connectivity index (χ1n) is 17.2. The molecular formula is C42H56. The molecule has 4 rings (SSSR count). The molecule has 3 aromatic carbocycles. The summed E-state index contributed by atoms with van der Waals surface area (Å²) in [7, 11) is 0. The first-order valence-corrected chi connectivity index (χ1v) is 17.2. The minimum absolute atomic E-state index is 0.0890. The van der Waals surface area contributed by atoms with Gasteiger partial charge >= 0.3 is 0 Å². The molecule has 0 heteroatoms. The van der Waals surface area contributed by atoms with Gasteiger partial charge in [-0.25, -0.2) is 0 Å². The van der Waals surface area contributed by atoms with Gasteiger partial charge < -0.3 is 0 Å². The van der Waals surface area contributed by atoms with Crippen LogP contribution in [-0.2, 0) is 5.41 Å². The average Bonchev–Trinajstić information content (AvgIpc) is 3.28. The van der Waals surface area contributed by atoms with E-state index in [9.17, 15) is 0 Å². The van der Waals surface area contributed by atoms with Crippen molar-refractivity contribution in [3.8, 4) is 22.3 Å². The normalized spacial score (nSPS) is 14.0. The van der Waals surface area contributed by atoms with E-state index >= 15 is 0 Å². The number of benzene rings is 3. The molecule has 0 fully saturated rings. The average molecular weight is 561 g/mol. The Labute approximate surface area is 258 Å². The van der Waals surface area contributed by atoms with Gasteiger partial charge in [-0.05, 0) is 90.3 Å². The molecule has 1 aliphatic rings. The van der Waals surface area contributed by atoms with Crippen molar-refractivity contribution in [1.29, 1.82) is 0 Å². The lowest BCUT2D eigenvalue weighted by Crippen LogP contribution is -2.26. The van der Waals surface area contributed by atoms with Crippen LogP contribution in [0.3, 0.4) is 0 Å². The highest BCUT2D eigenvalue weighted by atomic mass is 14.5. The number of rotatable bonds is 17. The highest BCUT2D eigenvalue weighted by Crippen LogP contribution is 2.55. The Hall–Kier alpha value is -2.86. The number of aryl methyl sites for hydroxylation is 1. The third-order valence-corrected chi connectivity index (χ3v) is 9.65.